The molecule has 12 heteroatoms. The van der Waals surface area contributed by atoms with E-state index in [1.165, 1.54) is 41.5 Å². The Morgan fingerprint density at radius 2 is 1.27 bits per heavy atom. The van der Waals surface area contributed by atoms with Crippen LogP contribution in [0.4, 0.5) is 11.4 Å². The van der Waals surface area contributed by atoms with E-state index in [1.807, 2.05) is 73.7 Å². The number of nitrogen functional groups attached to an aromatic ring is 1. The lowest BCUT2D eigenvalue weighted by atomic mass is 10.1. The summed E-state index contributed by atoms with van der Waals surface area (Å²) in [6.07, 6.45) is 0. The first-order valence-corrected chi connectivity index (χ1v) is 18.2. The van der Waals surface area contributed by atoms with Gasteiger partial charge in [0.25, 0.3) is 0 Å². The number of aromatic amines is 1. The summed E-state index contributed by atoms with van der Waals surface area (Å²) in [5, 5.41) is 18.1. The van der Waals surface area contributed by atoms with Crippen molar-refractivity contribution in [3.63, 3.8) is 0 Å². The summed E-state index contributed by atoms with van der Waals surface area (Å²) in [6, 6.07) is 42.2. The summed E-state index contributed by atoms with van der Waals surface area (Å²) in [7, 11) is 0. The molecule has 0 aliphatic rings. The number of nitriles is 1. The van der Waals surface area contributed by atoms with Crippen LogP contribution in [-0.2, 0) is 31.2 Å². The summed E-state index contributed by atoms with van der Waals surface area (Å²) in [5.74, 6) is 0.205. The molecule has 6 aromatic carbocycles. The van der Waals surface area contributed by atoms with E-state index in [1.54, 1.807) is 6.07 Å². The van der Waals surface area contributed by atoms with Crippen LogP contribution in [-0.4, -0.2) is 16.1 Å². The molecule has 0 amide bonds. The standard InChI is InChI=1S/C23H20N2O3.C15H16O2.C9H4N2O3/c1-16-2-4-17(5-3-16)14-27-20-9-6-18(7-10-20)15-28-23(26)21-12-19(13-24)8-11-22(21)25;1-12-2-4-14(5-3-12)11-17-15-8-6-13(10-16)7-9-15;1-10-5-2-3-7-6(4-5)8(12)14-9(13)11-7/h2-12H,14-15,25H2,1H3;2-9,16H,10-11H2,1H3;2-4H,(H,11,13). The molecular formula is C47H40N4O8. The van der Waals surface area contributed by atoms with Gasteiger partial charge in [-0.15, -0.1) is 0 Å². The Balaban J connectivity index is 0.000000182. The first kappa shape index (κ1) is 42.2. The maximum atomic E-state index is 12.2. The molecule has 0 saturated carbocycles. The molecule has 0 saturated heterocycles. The van der Waals surface area contributed by atoms with E-state index in [-0.39, 0.29) is 29.9 Å². The third kappa shape index (κ3) is 12.8. The zero-order valence-corrected chi connectivity index (χ0v) is 32.3. The lowest BCUT2D eigenvalue weighted by Crippen LogP contribution is -2.14. The second kappa shape index (κ2) is 20.8. The molecule has 59 heavy (non-hydrogen) atoms. The number of carbonyl (C=O) groups excluding carboxylic acids is 1. The van der Waals surface area contributed by atoms with Gasteiger partial charge in [-0.25, -0.2) is 19.2 Å². The molecule has 7 rings (SSSR count). The van der Waals surface area contributed by atoms with Crippen molar-refractivity contribution in [3.05, 3.63) is 210 Å². The highest BCUT2D eigenvalue weighted by molar-refractivity contribution is 5.95. The Morgan fingerprint density at radius 1 is 0.746 bits per heavy atom. The molecule has 0 fully saturated rings. The first-order chi connectivity index (χ1) is 28.5. The molecule has 0 unspecified atom stereocenters. The number of esters is 1. The lowest BCUT2D eigenvalue weighted by Gasteiger charge is -2.09. The Kier molecular flexibility index (Phi) is 14.9. The largest absolute Gasteiger partial charge is 0.489 e. The van der Waals surface area contributed by atoms with E-state index in [2.05, 4.69) is 57.6 Å². The van der Waals surface area contributed by atoms with Gasteiger partial charge in [0.1, 0.15) is 31.3 Å². The second-order valence-electron chi connectivity index (χ2n) is 13.1. The van der Waals surface area contributed by atoms with Crippen molar-refractivity contribution in [2.75, 3.05) is 5.73 Å². The molecule has 12 nitrogen and oxygen atoms in total. The van der Waals surface area contributed by atoms with Crippen molar-refractivity contribution in [2.24, 2.45) is 0 Å². The molecule has 1 aromatic heterocycles. The number of fused-ring (bicyclic) bond motifs is 1. The minimum absolute atomic E-state index is 0.0677. The van der Waals surface area contributed by atoms with E-state index in [9.17, 15) is 14.4 Å². The molecular weight excluding hydrogens is 749 g/mol. The number of hydrogen-bond acceptors (Lipinski definition) is 10. The van der Waals surface area contributed by atoms with Crippen LogP contribution < -0.4 is 26.6 Å². The number of anilines is 1. The number of aromatic nitrogens is 1. The average Bonchev–Trinajstić information content (AvgIpc) is 3.26. The molecule has 7 aromatic rings. The Morgan fingerprint density at radius 3 is 1.80 bits per heavy atom. The zero-order valence-electron chi connectivity index (χ0n) is 32.3. The number of benzene rings is 6. The minimum Gasteiger partial charge on any atom is -0.489 e. The smallest absolute Gasteiger partial charge is 0.419 e. The van der Waals surface area contributed by atoms with Gasteiger partial charge in [0.15, 0.2) is 5.69 Å². The molecule has 0 spiro atoms. The number of aliphatic hydroxyl groups is 1. The molecule has 0 aliphatic carbocycles. The van der Waals surface area contributed by atoms with Gasteiger partial charge in [-0.05, 0) is 90.7 Å². The van der Waals surface area contributed by atoms with Gasteiger partial charge in [0.05, 0.1) is 41.3 Å². The quantitative estimate of drug-likeness (QED) is 0.0691. The summed E-state index contributed by atoms with van der Waals surface area (Å²) >= 11 is 0. The number of ether oxygens (including phenoxy) is 3. The number of nitrogens with zero attached hydrogens (tertiary/aromatic N) is 2. The predicted molar refractivity (Wildman–Crippen MR) is 224 cm³/mol. The fourth-order valence-corrected chi connectivity index (χ4v) is 5.26. The number of nitrogens with one attached hydrogen (secondary N) is 1. The van der Waals surface area contributed by atoms with Gasteiger partial charge in [0.2, 0.25) is 0 Å². The highest BCUT2D eigenvalue weighted by Gasteiger charge is 2.13. The van der Waals surface area contributed by atoms with Gasteiger partial charge in [-0.1, -0.05) is 90.0 Å². The molecule has 4 N–H and O–H groups in total. The third-order valence-corrected chi connectivity index (χ3v) is 8.63. The highest BCUT2D eigenvalue weighted by atomic mass is 16.5. The monoisotopic (exact) mass is 788 g/mol. The Bertz CT molecular complexity index is 2690. The summed E-state index contributed by atoms with van der Waals surface area (Å²) in [6.45, 7) is 12.1. The number of carbonyl (C=O) groups is 1. The van der Waals surface area contributed by atoms with Gasteiger partial charge in [-0.2, -0.15) is 5.26 Å². The number of rotatable bonds is 10. The van der Waals surface area contributed by atoms with Crippen LogP contribution in [0.1, 0.15) is 49.3 Å². The lowest BCUT2D eigenvalue weighted by molar-refractivity contribution is 0.0474. The molecule has 0 bridgehead atoms. The van der Waals surface area contributed by atoms with Crippen LogP contribution in [0.5, 0.6) is 11.5 Å². The Hall–Kier alpha value is -7.93. The van der Waals surface area contributed by atoms with Crippen LogP contribution in [0.2, 0.25) is 0 Å². The number of aliphatic hydroxyl groups excluding tert-OH is 1. The minimum atomic E-state index is -0.793. The van der Waals surface area contributed by atoms with E-state index < -0.39 is 17.4 Å². The predicted octanol–water partition coefficient (Wildman–Crippen LogP) is 8.48. The fourth-order valence-electron chi connectivity index (χ4n) is 5.26. The fraction of sp³-hybridized carbons (Fsp3) is 0.128. The van der Waals surface area contributed by atoms with Crippen LogP contribution in [0, 0.1) is 31.8 Å². The van der Waals surface area contributed by atoms with E-state index in [0.717, 1.165) is 33.8 Å². The van der Waals surface area contributed by atoms with Crippen LogP contribution in [0.15, 0.2) is 147 Å². The molecule has 1 heterocycles. The SMILES string of the molecule is Cc1ccc(COc2ccc(CO)cc2)cc1.Cc1ccc(COc2ccc(COC(=O)c3cc(C#N)ccc3N)cc2)cc1.[C-]#[N+]c1ccc2[nH]c(=O)oc(=O)c2c1. The number of aryl methyl sites for hydroxylation is 2. The summed E-state index contributed by atoms with van der Waals surface area (Å²) < 4.78 is 21.0. The molecule has 0 atom stereocenters. The topological polar surface area (TPSA) is 182 Å². The van der Waals surface area contributed by atoms with Crippen molar-refractivity contribution < 1.29 is 28.5 Å². The Labute approximate surface area is 340 Å². The van der Waals surface area contributed by atoms with Crippen molar-refractivity contribution in [3.8, 4) is 17.6 Å². The first-order valence-electron chi connectivity index (χ1n) is 18.2. The van der Waals surface area contributed by atoms with Crippen molar-refractivity contribution in [2.45, 2.75) is 40.3 Å². The van der Waals surface area contributed by atoms with Gasteiger partial charge in [-0.3, -0.25) is 4.98 Å². The molecule has 0 aliphatic heterocycles. The number of nitrogens with two attached hydrogens (primary N) is 1. The van der Waals surface area contributed by atoms with Crippen LogP contribution in [0.3, 0.4) is 0 Å². The highest BCUT2D eigenvalue weighted by Crippen LogP contribution is 2.19. The van der Waals surface area contributed by atoms with E-state index in [0.29, 0.717) is 30.0 Å². The third-order valence-electron chi connectivity index (χ3n) is 8.63. The van der Waals surface area contributed by atoms with Gasteiger partial charge < -0.3 is 29.5 Å². The maximum absolute atomic E-state index is 12.2. The van der Waals surface area contributed by atoms with Gasteiger partial charge >= 0.3 is 17.4 Å². The average molecular weight is 789 g/mol. The van der Waals surface area contributed by atoms with Crippen molar-refractivity contribution >= 4 is 28.2 Å². The van der Waals surface area contributed by atoms with E-state index >= 15 is 0 Å². The molecule has 296 valence electrons. The zero-order chi connectivity index (χ0) is 42.1. The van der Waals surface area contributed by atoms with Crippen molar-refractivity contribution in [1.29, 1.82) is 5.26 Å². The van der Waals surface area contributed by atoms with Gasteiger partial charge in [0, 0.05) is 5.69 Å². The second-order valence-corrected chi connectivity index (χ2v) is 13.1. The van der Waals surface area contributed by atoms with E-state index in [4.69, 9.17) is 36.9 Å². The number of hydrogen-bond donors (Lipinski definition) is 3. The summed E-state index contributed by atoms with van der Waals surface area (Å²) in [4.78, 5) is 39.7. The van der Waals surface area contributed by atoms with Crippen molar-refractivity contribution in [1.82, 2.24) is 4.98 Å². The normalized spacial score (nSPS) is 10.1. The number of H-pyrrole nitrogens is 1. The summed E-state index contributed by atoms with van der Waals surface area (Å²) in [5.41, 5.74) is 13.0. The van der Waals surface area contributed by atoms with Crippen LogP contribution in [0.25, 0.3) is 15.7 Å². The van der Waals surface area contributed by atoms with Crippen LogP contribution >= 0.6 is 0 Å². The maximum Gasteiger partial charge on any atom is 0.419 e. The molecule has 0 radical (unpaired) electrons.